The second kappa shape index (κ2) is 4.11. The van der Waals surface area contributed by atoms with Gasteiger partial charge in [-0.15, -0.1) is 0 Å². The molecule has 11 heavy (non-hydrogen) atoms. The number of rotatable bonds is 2. The third-order valence-electron chi connectivity index (χ3n) is 1.21. The molecule has 0 radical (unpaired) electrons. The molecule has 0 saturated heterocycles. The minimum absolute atomic E-state index is 0.183. The molecule has 0 bridgehead atoms. The molecule has 0 fully saturated rings. The molecule has 0 aromatic heterocycles. The summed E-state index contributed by atoms with van der Waals surface area (Å²) in [5.74, 6) is -1.03. The first-order valence-corrected chi connectivity index (χ1v) is 3.74. The topological polar surface area (TPSA) is 52.5 Å². The number of aliphatic imine (C=N–C) groups is 1. The van der Waals surface area contributed by atoms with Gasteiger partial charge in [0, 0.05) is 5.92 Å². The van der Waals surface area contributed by atoms with Crippen LogP contribution in [0.3, 0.4) is 0 Å². The molecule has 0 aromatic rings. The van der Waals surface area contributed by atoms with Crippen LogP contribution in [0.5, 0.6) is 0 Å². The maximum Gasteiger partial charge on any atom is 0.247 e. The van der Waals surface area contributed by atoms with E-state index in [1.807, 2.05) is 0 Å². The van der Waals surface area contributed by atoms with Gasteiger partial charge in [-0.2, -0.15) is 0 Å². The summed E-state index contributed by atoms with van der Waals surface area (Å²) in [6.07, 6.45) is 0. The van der Waals surface area contributed by atoms with Crippen molar-refractivity contribution in [2.75, 3.05) is 0 Å². The van der Waals surface area contributed by atoms with Crippen molar-refractivity contribution in [1.82, 2.24) is 0 Å². The van der Waals surface area contributed by atoms with Crippen LogP contribution in [0.15, 0.2) is 4.99 Å². The fourth-order valence-electron chi connectivity index (χ4n) is 0.367. The zero-order valence-corrected chi connectivity index (χ0v) is 7.42. The summed E-state index contributed by atoms with van der Waals surface area (Å²) in [6, 6.07) is 0. The molecule has 3 heteroatoms. The van der Waals surface area contributed by atoms with E-state index in [0.717, 1.165) is 0 Å². The highest BCUT2D eigenvalue weighted by molar-refractivity contribution is 5.91. The van der Waals surface area contributed by atoms with E-state index in [1.54, 1.807) is 27.7 Å². The van der Waals surface area contributed by atoms with Crippen LogP contribution in [-0.2, 0) is 4.79 Å². The quantitative estimate of drug-likeness (QED) is 0.434. The maximum absolute atomic E-state index is 10.9. The third kappa shape index (κ3) is 3.75. The fourth-order valence-corrected chi connectivity index (χ4v) is 0.367. The fraction of sp³-hybridized carbons (Fsp3) is 0.750. The van der Waals surface area contributed by atoms with Gasteiger partial charge < -0.3 is 5.11 Å². The molecule has 3 nitrogen and oxygen atoms in total. The number of nitrogens with zero attached hydrogens (tertiary/aromatic N) is 1. The zero-order valence-electron chi connectivity index (χ0n) is 7.42. The number of amides is 1. The Kier molecular flexibility index (Phi) is 3.79. The Morgan fingerprint density at radius 1 is 1.18 bits per heavy atom. The number of carbonyl (C=O) groups excluding carboxylic acids is 1. The highest BCUT2D eigenvalue weighted by Crippen LogP contribution is 1.98. The van der Waals surface area contributed by atoms with Gasteiger partial charge in [-0.3, -0.25) is 4.79 Å². The smallest absolute Gasteiger partial charge is 0.247 e. The Hall–Kier alpha value is -0.860. The van der Waals surface area contributed by atoms with E-state index in [0.29, 0.717) is 0 Å². The molecule has 0 aromatic carbocycles. The van der Waals surface area contributed by atoms with Crippen molar-refractivity contribution in [1.29, 1.82) is 0 Å². The van der Waals surface area contributed by atoms with Crippen LogP contribution >= 0.6 is 0 Å². The van der Waals surface area contributed by atoms with Crippen molar-refractivity contribution < 1.29 is 9.90 Å². The highest BCUT2D eigenvalue weighted by atomic mass is 16.3. The van der Waals surface area contributed by atoms with Gasteiger partial charge in [-0.1, -0.05) is 27.7 Å². The van der Waals surface area contributed by atoms with Crippen molar-refractivity contribution in [2.24, 2.45) is 16.8 Å². The lowest BCUT2D eigenvalue weighted by molar-refractivity contribution is -0.223. The van der Waals surface area contributed by atoms with E-state index in [1.165, 1.54) is 0 Å². The van der Waals surface area contributed by atoms with Gasteiger partial charge in [0.25, 0.3) is 0 Å². The summed E-state index contributed by atoms with van der Waals surface area (Å²) in [5.41, 5.74) is 0. The van der Waals surface area contributed by atoms with Gasteiger partial charge in [0.05, 0.1) is 0 Å². The molecule has 0 unspecified atom stereocenters. The van der Waals surface area contributed by atoms with Crippen molar-refractivity contribution in [3.63, 3.8) is 0 Å². The van der Waals surface area contributed by atoms with E-state index < -0.39 is 0 Å². The number of hydrogen-bond donors (Lipinski definition) is 0. The van der Waals surface area contributed by atoms with Gasteiger partial charge in [0.2, 0.25) is 5.91 Å². The van der Waals surface area contributed by atoms with Crippen LogP contribution in [0.2, 0.25) is 0 Å². The Morgan fingerprint density at radius 2 is 1.64 bits per heavy atom. The largest absolute Gasteiger partial charge is 0.861 e. The first kappa shape index (κ1) is 10.1. The monoisotopic (exact) mass is 156 g/mol. The zero-order chi connectivity index (χ0) is 9.02. The van der Waals surface area contributed by atoms with Gasteiger partial charge >= 0.3 is 0 Å². The summed E-state index contributed by atoms with van der Waals surface area (Å²) >= 11 is 0. The molecule has 0 saturated carbocycles. The molecule has 64 valence electrons. The van der Waals surface area contributed by atoms with E-state index in [9.17, 15) is 9.90 Å². The van der Waals surface area contributed by atoms with Crippen LogP contribution in [0.25, 0.3) is 0 Å². The van der Waals surface area contributed by atoms with Crippen LogP contribution in [0.4, 0.5) is 0 Å². The lowest BCUT2D eigenvalue weighted by Crippen LogP contribution is -2.26. The molecule has 0 atom stereocenters. The van der Waals surface area contributed by atoms with E-state index in [4.69, 9.17) is 0 Å². The van der Waals surface area contributed by atoms with Crippen molar-refractivity contribution in [2.45, 2.75) is 27.7 Å². The van der Waals surface area contributed by atoms with Crippen molar-refractivity contribution in [3.05, 3.63) is 0 Å². The molecule has 1 amide bonds. The first-order valence-electron chi connectivity index (χ1n) is 3.74. The Morgan fingerprint density at radius 3 is 1.91 bits per heavy atom. The SMILES string of the molecule is CC(C)C(=O)N=C([O-])C(C)C. The number of hydrogen-bond acceptors (Lipinski definition) is 2. The van der Waals surface area contributed by atoms with Gasteiger partial charge in [0.15, 0.2) is 0 Å². The average Bonchev–Trinajstić information content (AvgIpc) is 1.87. The lowest BCUT2D eigenvalue weighted by atomic mass is 10.2. The molecular formula is C8H14NO2-. The molecule has 0 rings (SSSR count). The average molecular weight is 156 g/mol. The van der Waals surface area contributed by atoms with E-state index in [2.05, 4.69) is 4.99 Å². The third-order valence-corrected chi connectivity index (χ3v) is 1.21. The summed E-state index contributed by atoms with van der Waals surface area (Å²) in [7, 11) is 0. The molecular weight excluding hydrogens is 142 g/mol. The Bertz CT molecular complexity index is 171. The van der Waals surface area contributed by atoms with E-state index in [-0.39, 0.29) is 23.6 Å². The van der Waals surface area contributed by atoms with Crippen LogP contribution in [-0.4, -0.2) is 11.8 Å². The summed E-state index contributed by atoms with van der Waals surface area (Å²) in [5, 5.41) is 10.9. The van der Waals surface area contributed by atoms with Gasteiger partial charge in [-0.05, 0) is 11.8 Å². The second-order valence-corrected chi connectivity index (χ2v) is 3.10. The van der Waals surface area contributed by atoms with Crippen molar-refractivity contribution >= 4 is 11.8 Å². The molecule has 0 aliphatic heterocycles. The lowest BCUT2D eigenvalue weighted by Gasteiger charge is -2.13. The highest BCUT2D eigenvalue weighted by Gasteiger charge is 2.04. The summed E-state index contributed by atoms with van der Waals surface area (Å²) in [6.45, 7) is 6.89. The normalized spacial score (nSPS) is 12.7. The predicted molar refractivity (Wildman–Crippen MR) is 42.1 cm³/mol. The minimum atomic E-state index is -0.330. The second-order valence-electron chi connectivity index (χ2n) is 3.10. The van der Waals surface area contributed by atoms with E-state index >= 15 is 0 Å². The molecule has 0 heterocycles. The summed E-state index contributed by atoms with van der Waals surface area (Å²) < 4.78 is 0. The van der Waals surface area contributed by atoms with Crippen LogP contribution in [0.1, 0.15) is 27.7 Å². The van der Waals surface area contributed by atoms with Crippen molar-refractivity contribution in [3.8, 4) is 0 Å². The van der Waals surface area contributed by atoms with Gasteiger partial charge in [-0.25, -0.2) is 4.99 Å². The Labute approximate surface area is 67.1 Å². The predicted octanol–water partition coefficient (Wildman–Crippen LogP) is 0.584. The standard InChI is InChI=1S/C8H15NO2/c1-5(2)7(10)9-8(11)6(3)4/h5-6H,1-4H3,(H,9,10,11)/p-1. The molecule has 0 spiro atoms. The van der Waals surface area contributed by atoms with Crippen LogP contribution in [0, 0.1) is 11.8 Å². The molecule has 0 N–H and O–H groups in total. The maximum atomic E-state index is 10.9. The van der Waals surface area contributed by atoms with Crippen LogP contribution < -0.4 is 5.11 Å². The number of carbonyl (C=O) groups is 1. The summed E-state index contributed by atoms with van der Waals surface area (Å²) in [4.78, 5) is 14.3. The van der Waals surface area contributed by atoms with Gasteiger partial charge in [0.1, 0.15) is 0 Å². The minimum Gasteiger partial charge on any atom is -0.861 e. The Balaban J connectivity index is 4.20. The molecule has 0 aliphatic rings. The first-order chi connectivity index (χ1) is 4.95. The molecule has 0 aliphatic carbocycles.